The van der Waals surface area contributed by atoms with E-state index in [0.717, 1.165) is 10.0 Å². The normalized spacial score (nSPS) is 8.82. The van der Waals surface area contributed by atoms with Crippen LogP contribution in [0.5, 0.6) is 0 Å². The van der Waals surface area contributed by atoms with Crippen LogP contribution in [0.15, 0.2) is 33.7 Å². The average Bonchev–Trinajstić information content (AvgIpc) is 2.01. The number of hydrogen-bond acceptors (Lipinski definition) is 2. The molecule has 0 spiro atoms. The summed E-state index contributed by atoms with van der Waals surface area (Å²) in [7, 11) is 0. The Balaban J connectivity index is 2.79. The second-order valence-electron chi connectivity index (χ2n) is 2.04. The Morgan fingerprint density at radius 1 is 1.55 bits per heavy atom. The number of rotatable bonds is 2. The fourth-order valence-corrected chi connectivity index (χ4v) is 1.21. The Kier molecular flexibility index (Phi) is 3.02. The van der Waals surface area contributed by atoms with Gasteiger partial charge in [-0.15, -0.1) is 0 Å². The minimum atomic E-state index is 0.406. The Hall–Kier alpha value is -0.920. The van der Waals surface area contributed by atoms with Crippen LogP contribution in [0.1, 0.15) is 5.56 Å². The Morgan fingerprint density at radius 3 is 3.00 bits per heavy atom. The van der Waals surface area contributed by atoms with E-state index in [1.165, 1.54) is 6.08 Å². The smallest absolute Gasteiger partial charge is 0.211 e. The molecule has 56 valence electrons. The van der Waals surface area contributed by atoms with Gasteiger partial charge in [0.15, 0.2) is 0 Å². The third-order valence-corrected chi connectivity index (χ3v) is 1.71. The monoisotopic (exact) mass is 211 g/mol. The van der Waals surface area contributed by atoms with Crippen molar-refractivity contribution in [3.8, 4) is 0 Å². The Morgan fingerprint density at radius 2 is 2.36 bits per heavy atom. The van der Waals surface area contributed by atoms with Crippen molar-refractivity contribution in [3.63, 3.8) is 0 Å². The van der Waals surface area contributed by atoms with Crippen LogP contribution in [-0.4, -0.2) is 6.08 Å². The highest BCUT2D eigenvalue weighted by Gasteiger charge is 1.90. The van der Waals surface area contributed by atoms with Crippen molar-refractivity contribution < 1.29 is 4.79 Å². The maximum atomic E-state index is 9.76. The largest absolute Gasteiger partial charge is 0.235 e. The zero-order valence-corrected chi connectivity index (χ0v) is 7.34. The molecule has 1 rings (SSSR count). The van der Waals surface area contributed by atoms with Crippen molar-refractivity contribution in [2.45, 2.75) is 6.54 Å². The van der Waals surface area contributed by atoms with Crippen molar-refractivity contribution in [2.75, 3.05) is 0 Å². The SMILES string of the molecule is O=C=NCc1cccc(Br)c1. The second kappa shape index (κ2) is 4.06. The second-order valence-corrected chi connectivity index (χ2v) is 2.95. The summed E-state index contributed by atoms with van der Waals surface area (Å²) < 4.78 is 0.996. The summed E-state index contributed by atoms with van der Waals surface area (Å²) >= 11 is 3.31. The first-order valence-corrected chi connectivity index (χ1v) is 3.90. The molecule has 0 radical (unpaired) electrons. The van der Waals surface area contributed by atoms with Crippen LogP contribution >= 0.6 is 15.9 Å². The molecule has 0 aromatic heterocycles. The maximum absolute atomic E-state index is 9.76. The first-order valence-electron chi connectivity index (χ1n) is 3.11. The molecule has 0 aliphatic rings. The molecule has 0 bridgehead atoms. The van der Waals surface area contributed by atoms with E-state index >= 15 is 0 Å². The molecule has 0 heterocycles. The van der Waals surface area contributed by atoms with Crippen LogP contribution in [0, 0.1) is 0 Å². The van der Waals surface area contributed by atoms with Gasteiger partial charge in [0.25, 0.3) is 0 Å². The first kappa shape index (κ1) is 8.18. The lowest BCUT2D eigenvalue weighted by Gasteiger charge is -1.93. The number of benzene rings is 1. The van der Waals surface area contributed by atoms with Gasteiger partial charge in [0.1, 0.15) is 0 Å². The van der Waals surface area contributed by atoms with E-state index in [-0.39, 0.29) is 0 Å². The van der Waals surface area contributed by atoms with Gasteiger partial charge < -0.3 is 0 Å². The van der Waals surface area contributed by atoms with E-state index in [1.807, 2.05) is 24.3 Å². The summed E-state index contributed by atoms with van der Waals surface area (Å²) in [5.74, 6) is 0. The third kappa shape index (κ3) is 2.66. The molecule has 2 nitrogen and oxygen atoms in total. The molecule has 3 heteroatoms. The molecule has 0 aliphatic heterocycles. The molecule has 0 N–H and O–H groups in total. The van der Waals surface area contributed by atoms with Crippen molar-refractivity contribution >= 4 is 22.0 Å². The third-order valence-electron chi connectivity index (χ3n) is 1.22. The van der Waals surface area contributed by atoms with Gasteiger partial charge in [0, 0.05) is 4.47 Å². The highest BCUT2D eigenvalue weighted by atomic mass is 79.9. The highest BCUT2D eigenvalue weighted by molar-refractivity contribution is 9.10. The fourth-order valence-electron chi connectivity index (χ4n) is 0.759. The molecule has 0 saturated carbocycles. The number of nitrogens with zero attached hydrogens (tertiary/aromatic N) is 1. The molecule has 0 saturated heterocycles. The molecule has 0 aliphatic carbocycles. The predicted molar refractivity (Wildman–Crippen MR) is 46.0 cm³/mol. The molecule has 1 aromatic rings. The predicted octanol–water partition coefficient (Wildman–Crippen LogP) is 2.28. The van der Waals surface area contributed by atoms with Crippen molar-refractivity contribution in [3.05, 3.63) is 34.3 Å². The van der Waals surface area contributed by atoms with E-state index < -0.39 is 0 Å². The van der Waals surface area contributed by atoms with Crippen molar-refractivity contribution in [1.82, 2.24) is 0 Å². The van der Waals surface area contributed by atoms with Gasteiger partial charge in [-0.05, 0) is 17.7 Å². The quantitative estimate of drug-likeness (QED) is 0.546. The number of carbonyl (C=O) groups excluding carboxylic acids is 1. The van der Waals surface area contributed by atoms with Gasteiger partial charge in [-0.3, -0.25) is 0 Å². The standard InChI is InChI=1S/C8H6BrNO/c9-8-3-1-2-7(4-8)5-10-6-11/h1-4H,5H2. The van der Waals surface area contributed by atoms with Gasteiger partial charge in [0.05, 0.1) is 6.54 Å². The summed E-state index contributed by atoms with van der Waals surface area (Å²) in [4.78, 5) is 13.2. The topological polar surface area (TPSA) is 29.4 Å². The molecule has 1 aromatic carbocycles. The summed E-state index contributed by atoms with van der Waals surface area (Å²) in [5.41, 5.74) is 1.00. The van der Waals surface area contributed by atoms with Crippen LogP contribution in [0.2, 0.25) is 0 Å². The van der Waals surface area contributed by atoms with Gasteiger partial charge in [-0.1, -0.05) is 28.1 Å². The molecule has 0 fully saturated rings. The van der Waals surface area contributed by atoms with Gasteiger partial charge in [-0.25, -0.2) is 9.79 Å². The Labute approximate surface area is 73.1 Å². The molecular weight excluding hydrogens is 206 g/mol. The molecule has 11 heavy (non-hydrogen) atoms. The van der Waals surface area contributed by atoms with Crippen LogP contribution < -0.4 is 0 Å². The lowest BCUT2D eigenvalue weighted by Crippen LogP contribution is -1.79. The lowest BCUT2D eigenvalue weighted by molar-refractivity contribution is 0.563. The molecular formula is C8H6BrNO. The van der Waals surface area contributed by atoms with Crippen LogP contribution in [0.4, 0.5) is 0 Å². The van der Waals surface area contributed by atoms with E-state index in [4.69, 9.17) is 0 Å². The number of isocyanates is 1. The van der Waals surface area contributed by atoms with Crippen molar-refractivity contribution in [1.29, 1.82) is 0 Å². The maximum Gasteiger partial charge on any atom is 0.235 e. The minimum Gasteiger partial charge on any atom is -0.211 e. The van der Waals surface area contributed by atoms with Crippen LogP contribution in [0.3, 0.4) is 0 Å². The van der Waals surface area contributed by atoms with Gasteiger partial charge >= 0.3 is 0 Å². The average molecular weight is 212 g/mol. The number of hydrogen-bond donors (Lipinski definition) is 0. The number of halogens is 1. The molecule has 0 unspecified atom stereocenters. The first-order chi connectivity index (χ1) is 5.33. The summed E-state index contributed by atoms with van der Waals surface area (Å²) in [6, 6.07) is 7.65. The molecule has 0 atom stereocenters. The highest BCUT2D eigenvalue weighted by Crippen LogP contribution is 2.11. The zero-order chi connectivity index (χ0) is 8.10. The minimum absolute atomic E-state index is 0.406. The summed E-state index contributed by atoms with van der Waals surface area (Å²) in [6.45, 7) is 0.406. The van der Waals surface area contributed by atoms with E-state index in [9.17, 15) is 4.79 Å². The van der Waals surface area contributed by atoms with E-state index in [2.05, 4.69) is 20.9 Å². The summed E-state index contributed by atoms with van der Waals surface area (Å²) in [6.07, 6.45) is 1.50. The van der Waals surface area contributed by atoms with E-state index in [1.54, 1.807) is 0 Å². The van der Waals surface area contributed by atoms with Gasteiger partial charge in [0.2, 0.25) is 6.08 Å². The number of aliphatic imine (C=N–C) groups is 1. The van der Waals surface area contributed by atoms with Gasteiger partial charge in [-0.2, -0.15) is 0 Å². The van der Waals surface area contributed by atoms with Crippen molar-refractivity contribution in [2.24, 2.45) is 4.99 Å². The van der Waals surface area contributed by atoms with Crippen LogP contribution in [-0.2, 0) is 11.3 Å². The van der Waals surface area contributed by atoms with E-state index in [0.29, 0.717) is 6.54 Å². The summed E-state index contributed by atoms with van der Waals surface area (Å²) in [5, 5.41) is 0. The lowest BCUT2D eigenvalue weighted by atomic mass is 10.2. The zero-order valence-electron chi connectivity index (χ0n) is 5.75. The Bertz CT molecular complexity index is 292. The fraction of sp³-hybridized carbons (Fsp3) is 0.125. The van der Waals surface area contributed by atoms with Crippen LogP contribution in [0.25, 0.3) is 0 Å². The molecule has 0 amide bonds.